The fourth-order valence-corrected chi connectivity index (χ4v) is 3.63. The number of nitrogens with zero attached hydrogens (tertiary/aromatic N) is 2. The van der Waals surface area contributed by atoms with E-state index in [1.807, 2.05) is 30.5 Å². The lowest BCUT2D eigenvalue weighted by atomic mass is 10.0. The number of aryl methyl sites for hydroxylation is 1. The molecule has 6 nitrogen and oxygen atoms in total. The van der Waals surface area contributed by atoms with E-state index in [1.165, 1.54) is 23.5 Å². The van der Waals surface area contributed by atoms with Crippen LogP contribution in [0.1, 0.15) is 26.4 Å². The van der Waals surface area contributed by atoms with Crippen LogP contribution in [0.2, 0.25) is 0 Å². The molecular weight excluding hydrogens is 350 g/mol. The van der Waals surface area contributed by atoms with Crippen molar-refractivity contribution < 1.29 is 19.5 Å². The molecule has 0 bridgehead atoms. The van der Waals surface area contributed by atoms with Gasteiger partial charge in [-0.2, -0.15) is 10.5 Å². The summed E-state index contributed by atoms with van der Waals surface area (Å²) in [7, 11) is 0. The van der Waals surface area contributed by atoms with Gasteiger partial charge in [0.1, 0.15) is 24.4 Å². The first-order valence-corrected chi connectivity index (χ1v) is 8.83. The first-order chi connectivity index (χ1) is 12.5. The zero-order chi connectivity index (χ0) is 18.7. The van der Waals surface area contributed by atoms with Crippen LogP contribution in [0.3, 0.4) is 0 Å². The van der Waals surface area contributed by atoms with E-state index in [2.05, 4.69) is 0 Å². The van der Waals surface area contributed by atoms with Crippen molar-refractivity contribution in [1.29, 1.82) is 10.5 Å². The highest BCUT2D eigenvalue weighted by Gasteiger charge is 2.32. The molecule has 0 saturated carbocycles. The Morgan fingerprint density at radius 2 is 2.00 bits per heavy atom. The van der Waals surface area contributed by atoms with Crippen molar-refractivity contribution >= 4 is 23.2 Å². The van der Waals surface area contributed by atoms with Crippen LogP contribution >= 0.6 is 11.3 Å². The Kier molecular flexibility index (Phi) is 5.04. The molecule has 0 amide bonds. The molecule has 26 heavy (non-hydrogen) atoms. The number of ketones is 1. The van der Waals surface area contributed by atoms with E-state index in [-0.39, 0.29) is 36.9 Å². The number of rotatable bonds is 5. The molecule has 0 aliphatic carbocycles. The minimum absolute atomic E-state index is 0.0153. The normalized spacial score (nSPS) is 14.2. The van der Waals surface area contributed by atoms with Crippen molar-refractivity contribution in [3.8, 4) is 23.6 Å². The number of ether oxygens (including phenoxy) is 1. The van der Waals surface area contributed by atoms with Gasteiger partial charge in [-0.15, -0.1) is 11.3 Å². The third-order valence-corrected chi connectivity index (χ3v) is 5.13. The zero-order valence-corrected chi connectivity index (χ0v) is 14.9. The van der Waals surface area contributed by atoms with Crippen molar-refractivity contribution in [1.82, 2.24) is 0 Å². The van der Waals surface area contributed by atoms with Crippen molar-refractivity contribution in [2.75, 3.05) is 13.1 Å². The molecule has 1 aromatic carbocycles. The number of thiophene rings is 1. The smallest absolute Gasteiger partial charge is 0.232 e. The SMILES string of the molecule is Cc1ccsc1/C=C1\Oc2c(ccc(O)c2C[NH+](CC#N)CC#N)C1=O. The molecule has 1 aliphatic rings. The van der Waals surface area contributed by atoms with Crippen LogP contribution in [0.25, 0.3) is 6.08 Å². The summed E-state index contributed by atoms with van der Waals surface area (Å²) in [6, 6.07) is 9.00. The van der Waals surface area contributed by atoms with Crippen LogP contribution in [-0.2, 0) is 6.54 Å². The molecule has 0 atom stereocenters. The highest BCUT2D eigenvalue weighted by molar-refractivity contribution is 7.11. The summed E-state index contributed by atoms with van der Waals surface area (Å²) >= 11 is 1.51. The summed E-state index contributed by atoms with van der Waals surface area (Å²) in [4.78, 5) is 14.3. The van der Waals surface area contributed by atoms with Gasteiger partial charge in [0.15, 0.2) is 24.6 Å². The predicted molar refractivity (Wildman–Crippen MR) is 95.7 cm³/mol. The number of hydrogen-bond donors (Lipinski definition) is 2. The van der Waals surface area contributed by atoms with E-state index in [1.54, 1.807) is 6.08 Å². The molecule has 7 heteroatoms. The van der Waals surface area contributed by atoms with Gasteiger partial charge in [0.2, 0.25) is 5.78 Å². The van der Waals surface area contributed by atoms with Crippen molar-refractivity contribution in [3.05, 3.63) is 50.9 Å². The number of carbonyl (C=O) groups excluding carboxylic acids is 1. The molecule has 0 spiro atoms. The van der Waals surface area contributed by atoms with Crippen LogP contribution in [-0.4, -0.2) is 24.0 Å². The Morgan fingerprint density at radius 1 is 1.27 bits per heavy atom. The number of carbonyl (C=O) groups is 1. The number of fused-ring (bicyclic) bond motifs is 1. The molecule has 2 aromatic rings. The maximum absolute atomic E-state index is 12.7. The standard InChI is InChI=1S/C19H15N3O3S/c1-12-4-9-26-17(12)10-16-18(24)13-2-3-15(23)14(19(13)25-16)11-22(7-5-20)8-6-21/h2-4,9-10,23H,7-8,11H2,1H3/p+1/b16-10-. The van der Waals surface area contributed by atoms with Crippen molar-refractivity contribution in [3.63, 3.8) is 0 Å². The Hall–Kier alpha value is -3.13. The Morgan fingerprint density at radius 3 is 2.62 bits per heavy atom. The van der Waals surface area contributed by atoms with Gasteiger partial charge in [0, 0.05) is 11.0 Å². The van der Waals surface area contributed by atoms with Crippen molar-refractivity contribution in [2.45, 2.75) is 13.5 Å². The average molecular weight is 366 g/mol. The predicted octanol–water partition coefficient (Wildman–Crippen LogP) is 1.81. The summed E-state index contributed by atoms with van der Waals surface area (Å²) in [6.07, 6.45) is 1.71. The lowest BCUT2D eigenvalue weighted by Gasteiger charge is -2.15. The maximum atomic E-state index is 12.7. The monoisotopic (exact) mass is 366 g/mol. The highest BCUT2D eigenvalue weighted by Crippen LogP contribution is 2.39. The number of hydrogen-bond acceptors (Lipinski definition) is 6. The molecule has 2 N–H and O–H groups in total. The van der Waals surface area contributed by atoms with E-state index in [9.17, 15) is 9.90 Å². The number of nitriles is 2. The molecule has 0 saturated heterocycles. The van der Waals surface area contributed by atoms with Crippen LogP contribution < -0.4 is 9.64 Å². The quantitative estimate of drug-likeness (QED) is 0.621. The van der Waals surface area contributed by atoms with Gasteiger partial charge in [-0.3, -0.25) is 4.79 Å². The van der Waals surface area contributed by atoms with E-state index in [4.69, 9.17) is 15.3 Å². The van der Waals surface area contributed by atoms with E-state index in [0.29, 0.717) is 21.8 Å². The second kappa shape index (κ2) is 7.40. The summed E-state index contributed by atoms with van der Waals surface area (Å²) in [5.74, 6) is 0.262. The van der Waals surface area contributed by atoms with Gasteiger partial charge in [-0.25, -0.2) is 0 Å². The molecule has 1 aliphatic heterocycles. The largest absolute Gasteiger partial charge is 0.507 e. The highest BCUT2D eigenvalue weighted by atomic mass is 32.1. The average Bonchev–Trinajstić information content (AvgIpc) is 3.15. The number of phenols is 1. The summed E-state index contributed by atoms with van der Waals surface area (Å²) in [6.45, 7) is 2.40. The van der Waals surface area contributed by atoms with Gasteiger partial charge in [-0.1, -0.05) is 0 Å². The van der Waals surface area contributed by atoms with Gasteiger partial charge >= 0.3 is 0 Å². The van der Waals surface area contributed by atoms with E-state index in [0.717, 1.165) is 10.4 Å². The molecule has 2 heterocycles. The second-order valence-corrected chi connectivity index (χ2v) is 6.89. The lowest BCUT2D eigenvalue weighted by Crippen LogP contribution is -3.10. The van der Waals surface area contributed by atoms with Crippen LogP contribution in [0.4, 0.5) is 0 Å². The fourth-order valence-electron chi connectivity index (χ4n) is 2.78. The Bertz CT molecular complexity index is 963. The number of phenolic OH excluding ortho intramolecular Hbond substituents is 1. The molecule has 0 unspecified atom stereocenters. The third-order valence-electron chi connectivity index (χ3n) is 4.16. The number of aromatic hydroxyl groups is 1. The van der Waals surface area contributed by atoms with Gasteiger partial charge < -0.3 is 14.7 Å². The Labute approximate surface area is 154 Å². The summed E-state index contributed by atoms with van der Waals surface area (Å²) < 4.78 is 5.80. The summed E-state index contributed by atoms with van der Waals surface area (Å²) in [5.41, 5.74) is 1.87. The summed E-state index contributed by atoms with van der Waals surface area (Å²) in [5, 5.41) is 30.0. The molecule has 130 valence electrons. The first-order valence-electron chi connectivity index (χ1n) is 7.95. The van der Waals surface area contributed by atoms with Gasteiger partial charge in [0.05, 0.1) is 11.1 Å². The topological polar surface area (TPSA) is 98.5 Å². The minimum Gasteiger partial charge on any atom is -0.507 e. The van der Waals surface area contributed by atoms with Crippen LogP contribution in [0.15, 0.2) is 29.3 Å². The zero-order valence-electron chi connectivity index (χ0n) is 14.1. The molecule has 3 rings (SSSR count). The number of nitrogens with one attached hydrogen (secondary N) is 1. The molecule has 0 fully saturated rings. The first kappa shape index (κ1) is 17.7. The molecule has 0 radical (unpaired) electrons. The van der Waals surface area contributed by atoms with Crippen molar-refractivity contribution in [2.24, 2.45) is 0 Å². The van der Waals surface area contributed by atoms with Crippen LogP contribution in [0.5, 0.6) is 11.5 Å². The van der Waals surface area contributed by atoms with Gasteiger partial charge in [-0.05, 0) is 36.1 Å². The number of Topliss-reactive ketones (excluding diaryl/α,β-unsaturated/α-hetero) is 1. The fraction of sp³-hybridized carbons (Fsp3) is 0.211. The maximum Gasteiger partial charge on any atom is 0.232 e. The van der Waals surface area contributed by atoms with Crippen LogP contribution in [0, 0.1) is 29.6 Å². The number of benzene rings is 1. The van der Waals surface area contributed by atoms with E-state index < -0.39 is 0 Å². The Balaban J connectivity index is 1.97. The molecule has 1 aromatic heterocycles. The molecular formula is C19H16N3O3S+. The minimum atomic E-state index is -0.240. The third kappa shape index (κ3) is 3.31. The second-order valence-electron chi connectivity index (χ2n) is 5.94. The van der Waals surface area contributed by atoms with Gasteiger partial charge in [0.25, 0.3) is 0 Å². The lowest BCUT2D eigenvalue weighted by molar-refractivity contribution is -0.899. The number of allylic oxidation sites excluding steroid dienone is 1. The number of quaternary nitrogens is 1. The van der Waals surface area contributed by atoms with E-state index >= 15 is 0 Å².